The molecule has 1 amide bonds. The van der Waals surface area contributed by atoms with Gasteiger partial charge in [-0.25, -0.2) is 0 Å². The van der Waals surface area contributed by atoms with Gasteiger partial charge in [-0.1, -0.05) is 39.8 Å². The second kappa shape index (κ2) is 6.65. The van der Waals surface area contributed by atoms with Gasteiger partial charge in [0.2, 0.25) is 5.91 Å². The van der Waals surface area contributed by atoms with Crippen LogP contribution in [0.15, 0.2) is 48.5 Å². The van der Waals surface area contributed by atoms with Gasteiger partial charge in [-0.2, -0.15) is 0 Å². The first-order valence-corrected chi connectivity index (χ1v) is 7.66. The van der Waals surface area contributed by atoms with Crippen LogP contribution in [0.25, 0.3) is 0 Å². The van der Waals surface area contributed by atoms with Crippen molar-refractivity contribution < 1.29 is 4.79 Å². The highest BCUT2D eigenvalue weighted by Crippen LogP contribution is 2.25. The average Bonchev–Trinajstić information content (AvgIpc) is 2.49. The van der Waals surface area contributed by atoms with Crippen molar-refractivity contribution in [3.8, 4) is 0 Å². The quantitative estimate of drug-likeness (QED) is 0.826. The van der Waals surface area contributed by atoms with Gasteiger partial charge in [0, 0.05) is 23.5 Å². The third kappa shape index (κ3) is 4.35. The Bertz CT molecular complexity index is 622. The summed E-state index contributed by atoms with van der Waals surface area (Å²) in [6.45, 7) is 8.46. The highest BCUT2D eigenvalue weighted by atomic mass is 16.1. The number of hydrogen-bond donors (Lipinski definition) is 2. The minimum Gasteiger partial charge on any atom is -0.356 e. The number of amides is 1. The largest absolute Gasteiger partial charge is 0.356 e. The van der Waals surface area contributed by atoms with Crippen molar-refractivity contribution in [1.82, 2.24) is 0 Å². The molecule has 0 fully saturated rings. The fourth-order valence-electron chi connectivity index (χ4n) is 2.11. The zero-order valence-corrected chi connectivity index (χ0v) is 13.7. The van der Waals surface area contributed by atoms with Gasteiger partial charge in [-0.15, -0.1) is 0 Å². The van der Waals surface area contributed by atoms with E-state index in [4.69, 9.17) is 0 Å². The molecule has 0 bridgehead atoms. The molecule has 0 aromatic heterocycles. The van der Waals surface area contributed by atoms with Crippen LogP contribution in [0.1, 0.15) is 39.7 Å². The van der Waals surface area contributed by atoms with Crippen molar-refractivity contribution >= 4 is 23.0 Å². The second-order valence-electron chi connectivity index (χ2n) is 6.43. The Kier molecular flexibility index (Phi) is 4.86. The molecule has 2 N–H and O–H groups in total. The van der Waals surface area contributed by atoms with Gasteiger partial charge >= 0.3 is 0 Å². The Morgan fingerprint density at radius 2 is 1.32 bits per heavy atom. The Hall–Kier alpha value is -2.29. The maximum absolute atomic E-state index is 11.3. The van der Waals surface area contributed by atoms with Crippen molar-refractivity contribution in [2.75, 3.05) is 10.6 Å². The first kappa shape index (κ1) is 16.1. The predicted octanol–water partition coefficient (Wildman–Crippen LogP) is 5.08. The Morgan fingerprint density at radius 1 is 0.864 bits per heavy atom. The van der Waals surface area contributed by atoms with Gasteiger partial charge in [0.1, 0.15) is 0 Å². The highest BCUT2D eigenvalue weighted by Gasteiger charge is 2.12. The Labute approximate surface area is 132 Å². The van der Waals surface area contributed by atoms with Gasteiger partial charge in [0.25, 0.3) is 0 Å². The van der Waals surface area contributed by atoms with E-state index >= 15 is 0 Å². The van der Waals surface area contributed by atoms with Crippen LogP contribution < -0.4 is 10.6 Å². The first-order chi connectivity index (χ1) is 10.4. The Morgan fingerprint density at radius 3 is 1.77 bits per heavy atom. The van der Waals surface area contributed by atoms with Crippen LogP contribution in [0.3, 0.4) is 0 Å². The molecule has 0 radical (unpaired) electrons. The van der Waals surface area contributed by atoms with Crippen molar-refractivity contribution in [1.29, 1.82) is 0 Å². The van der Waals surface area contributed by atoms with Crippen LogP contribution in [0.5, 0.6) is 0 Å². The van der Waals surface area contributed by atoms with Crippen LogP contribution in [0.4, 0.5) is 17.1 Å². The highest BCUT2D eigenvalue weighted by molar-refractivity contribution is 5.90. The molecule has 0 unspecified atom stereocenters. The minimum atomic E-state index is 0.0264. The summed E-state index contributed by atoms with van der Waals surface area (Å²) in [7, 11) is 0. The smallest absolute Gasteiger partial charge is 0.224 e. The lowest BCUT2D eigenvalue weighted by Crippen LogP contribution is -2.10. The molecule has 2 aromatic carbocycles. The van der Waals surface area contributed by atoms with E-state index in [1.165, 1.54) is 5.56 Å². The van der Waals surface area contributed by atoms with E-state index in [2.05, 4.69) is 55.7 Å². The zero-order valence-electron chi connectivity index (χ0n) is 13.7. The second-order valence-corrected chi connectivity index (χ2v) is 6.43. The molecular weight excluding hydrogens is 272 g/mol. The van der Waals surface area contributed by atoms with Gasteiger partial charge in [-0.05, 0) is 47.4 Å². The summed E-state index contributed by atoms with van der Waals surface area (Å²) in [5.74, 6) is 0.0264. The van der Waals surface area contributed by atoms with E-state index in [1.54, 1.807) is 0 Å². The summed E-state index contributed by atoms with van der Waals surface area (Å²) >= 11 is 0. The molecule has 0 aliphatic heterocycles. The monoisotopic (exact) mass is 296 g/mol. The van der Waals surface area contributed by atoms with E-state index in [-0.39, 0.29) is 11.3 Å². The molecule has 0 heterocycles. The number of carbonyl (C=O) groups is 1. The molecule has 0 aliphatic carbocycles. The molecule has 3 heteroatoms. The Balaban J connectivity index is 2.03. The fraction of sp³-hybridized carbons (Fsp3) is 0.316. The maximum atomic E-state index is 11.3. The number of hydrogen-bond acceptors (Lipinski definition) is 2. The fourth-order valence-corrected chi connectivity index (χ4v) is 2.11. The minimum absolute atomic E-state index is 0.0264. The summed E-state index contributed by atoms with van der Waals surface area (Å²) in [6.07, 6.45) is 0.486. The summed E-state index contributed by atoms with van der Waals surface area (Å²) in [5, 5.41) is 6.20. The van der Waals surface area contributed by atoms with E-state index < -0.39 is 0 Å². The lowest BCUT2D eigenvalue weighted by atomic mass is 9.87. The summed E-state index contributed by atoms with van der Waals surface area (Å²) in [5.41, 5.74) is 4.35. The molecule has 0 saturated carbocycles. The van der Waals surface area contributed by atoms with Crippen LogP contribution in [-0.2, 0) is 10.2 Å². The number of nitrogens with one attached hydrogen (secondary N) is 2. The van der Waals surface area contributed by atoms with E-state index in [0.717, 1.165) is 17.1 Å². The molecule has 0 atom stereocenters. The SMILES string of the molecule is CCC(=O)Nc1ccc(Nc2ccc(C(C)(C)C)cc2)cc1. The number of rotatable bonds is 4. The average molecular weight is 296 g/mol. The van der Waals surface area contributed by atoms with E-state index in [9.17, 15) is 4.79 Å². The van der Waals surface area contributed by atoms with Crippen molar-refractivity contribution in [3.63, 3.8) is 0 Å². The van der Waals surface area contributed by atoms with Crippen LogP contribution in [0, 0.1) is 0 Å². The molecule has 3 nitrogen and oxygen atoms in total. The molecule has 22 heavy (non-hydrogen) atoms. The van der Waals surface area contributed by atoms with Gasteiger partial charge in [0.05, 0.1) is 0 Å². The first-order valence-electron chi connectivity index (χ1n) is 7.66. The molecule has 116 valence electrons. The number of carbonyl (C=O) groups excluding carboxylic acids is 1. The lowest BCUT2D eigenvalue weighted by molar-refractivity contribution is -0.115. The summed E-state index contributed by atoms with van der Waals surface area (Å²) in [6, 6.07) is 16.2. The molecule has 2 rings (SSSR count). The summed E-state index contributed by atoms with van der Waals surface area (Å²) in [4.78, 5) is 11.3. The van der Waals surface area contributed by atoms with Crippen molar-refractivity contribution in [2.45, 2.75) is 39.5 Å². The molecular formula is C19H24N2O. The topological polar surface area (TPSA) is 41.1 Å². The van der Waals surface area contributed by atoms with Crippen molar-refractivity contribution in [3.05, 3.63) is 54.1 Å². The maximum Gasteiger partial charge on any atom is 0.224 e. The molecule has 2 aromatic rings. The molecule has 0 aliphatic rings. The van der Waals surface area contributed by atoms with Crippen molar-refractivity contribution in [2.24, 2.45) is 0 Å². The standard InChI is InChI=1S/C19H24N2O/c1-5-18(22)21-17-12-10-16(11-13-17)20-15-8-6-14(7-9-15)19(2,3)4/h6-13,20H,5H2,1-4H3,(H,21,22). The third-order valence-electron chi connectivity index (χ3n) is 3.53. The summed E-state index contributed by atoms with van der Waals surface area (Å²) < 4.78 is 0. The van der Waals surface area contributed by atoms with Gasteiger partial charge in [-0.3, -0.25) is 4.79 Å². The van der Waals surface area contributed by atoms with E-state index in [1.807, 2.05) is 31.2 Å². The number of benzene rings is 2. The van der Waals surface area contributed by atoms with Crippen LogP contribution >= 0.6 is 0 Å². The van der Waals surface area contributed by atoms with Crippen LogP contribution in [0.2, 0.25) is 0 Å². The normalized spacial score (nSPS) is 11.1. The zero-order chi connectivity index (χ0) is 16.2. The van der Waals surface area contributed by atoms with Crippen LogP contribution in [-0.4, -0.2) is 5.91 Å². The number of anilines is 3. The molecule has 0 spiro atoms. The lowest BCUT2D eigenvalue weighted by Gasteiger charge is -2.19. The van der Waals surface area contributed by atoms with Gasteiger partial charge < -0.3 is 10.6 Å². The third-order valence-corrected chi connectivity index (χ3v) is 3.53. The van der Waals surface area contributed by atoms with E-state index in [0.29, 0.717) is 6.42 Å². The predicted molar refractivity (Wildman–Crippen MR) is 93.8 cm³/mol. The van der Waals surface area contributed by atoms with Gasteiger partial charge in [0.15, 0.2) is 0 Å². The molecule has 0 saturated heterocycles.